The number of H-pyrrole nitrogens is 1. The Labute approximate surface area is 204 Å². The molecule has 4 aromatic rings. The van der Waals surface area contributed by atoms with Crippen molar-refractivity contribution in [3.05, 3.63) is 107 Å². The summed E-state index contributed by atoms with van der Waals surface area (Å²) in [4.78, 5) is 6.49. The zero-order valence-electron chi connectivity index (χ0n) is 20.6. The highest BCUT2D eigenvalue weighted by Gasteiger charge is 2.53. The maximum atomic E-state index is 3.98. The van der Waals surface area contributed by atoms with Gasteiger partial charge in [-0.3, -0.25) is 4.90 Å². The second-order valence-electron chi connectivity index (χ2n) is 10.9. The summed E-state index contributed by atoms with van der Waals surface area (Å²) in [6.45, 7) is 0. The van der Waals surface area contributed by atoms with E-state index in [1.807, 2.05) is 0 Å². The summed E-state index contributed by atoms with van der Waals surface area (Å²) in [7, 11) is 4.58. The monoisotopic (exact) mass is 448 g/mol. The first-order valence-corrected chi connectivity index (χ1v) is 13.0. The molecule has 2 nitrogen and oxygen atoms in total. The van der Waals surface area contributed by atoms with Crippen LogP contribution in [0.25, 0.3) is 10.9 Å². The molecule has 1 saturated carbocycles. The second-order valence-corrected chi connectivity index (χ2v) is 10.9. The normalized spacial score (nSPS) is 26.7. The van der Waals surface area contributed by atoms with Gasteiger partial charge in [-0.25, -0.2) is 0 Å². The number of para-hydroxylation sites is 1. The third kappa shape index (κ3) is 3.34. The summed E-state index contributed by atoms with van der Waals surface area (Å²) >= 11 is 0. The first kappa shape index (κ1) is 21.7. The van der Waals surface area contributed by atoms with E-state index in [9.17, 15) is 0 Å². The molecule has 2 aliphatic carbocycles. The number of hydrogen-bond acceptors (Lipinski definition) is 1. The number of rotatable bonds is 4. The topological polar surface area (TPSA) is 19.0 Å². The number of aryl methyl sites for hydroxylation is 1. The average molecular weight is 449 g/mol. The molecule has 0 radical (unpaired) electrons. The van der Waals surface area contributed by atoms with Crippen LogP contribution in [0.4, 0.5) is 0 Å². The molecule has 34 heavy (non-hydrogen) atoms. The summed E-state index contributed by atoms with van der Waals surface area (Å²) in [5.41, 5.74) is 7.71. The van der Waals surface area contributed by atoms with Crippen LogP contribution in [0.1, 0.15) is 54.5 Å². The zero-order chi connectivity index (χ0) is 23.2. The van der Waals surface area contributed by atoms with E-state index < -0.39 is 0 Å². The van der Waals surface area contributed by atoms with E-state index in [-0.39, 0.29) is 11.0 Å². The van der Waals surface area contributed by atoms with E-state index in [4.69, 9.17) is 0 Å². The van der Waals surface area contributed by atoms with Gasteiger partial charge in [0.15, 0.2) is 0 Å². The molecule has 2 aliphatic rings. The Bertz CT molecular complexity index is 1270. The molecule has 6 rings (SSSR count). The highest BCUT2D eigenvalue weighted by Crippen LogP contribution is 2.57. The molecule has 0 aliphatic heterocycles. The van der Waals surface area contributed by atoms with Gasteiger partial charge in [0, 0.05) is 27.6 Å². The molecule has 2 heteroatoms. The van der Waals surface area contributed by atoms with Crippen LogP contribution in [-0.2, 0) is 23.8 Å². The smallest absolute Gasteiger partial charge is 0.0459 e. The van der Waals surface area contributed by atoms with Crippen LogP contribution < -0.4 is 0 Å². The van der Waals surface area contributed by atoms with E-state index in [0.29, 0.717) is 5.92 Å². The standard InChI is InChI=1S/C32H36N2/c1-34(2)32(25-14-7-4-8-15-25)21-20-31(26(23-32)22-24-12-5-3-6-13-24)19-11-17-28-27-16-9-10-18-29(27)33-30(28)31/h3-10,12-16,18,26,33H,11,17,19-23H2,1-2H3. The second kappa shape index (κ2) is 8.43. The van der Waals surface area contributed by atoms with Gasteiger partial charge in [0.2, 0.25) is 0 Å². The predicted molar refractivity (Wildman–Crippen MR) is 142 cm³/mol. The van der Waals surface area contributed by atoms with Crippen molar-refractivity contribution in [3.63, 3.8) is 0 Å². The molecular formula is C32H36N2. The van der Waals surface area contributed by atoms with E-state index in [0.717, 1.165) is 6.42 Å². The average Bonchev–Trinajstić information content (AvgIpc) is 3.27. The van der Waals surface area contributed by atoms with E-state index in [1.165, 1.54) is 60.6 Å². The number of aromatic amines is 1. The molecule has 1 spiro atoms. The van der Waals surface area contributed by atoms with E-state index in [1.54, 1.807) is 11.3 Å². The van der Waals surface area contributed by atoms with Gasteiger partial charge in [-0.15, -0.1) is 0 Å². The molecule has 0 bridgehead atoms. The lowest BCUT2D eigenvalue weighted by molar-refractivity contribution is 0.0125. The van der Waals surface area contributed by atoms with Gasteiger partial charge < -0.3 is 4.98 Å². The maximum absolute atomic E-state index is 3.98. The lowest BCUT2D eigenvalue weighted by Gasteiger charge is -2.55. The molecule has 1 N–H and O–H groups in total. The fraction of sp³-hybridized carbons (Fsp3) is 0.375. The van der Waals surface area contributed by atoms with Crippen molar-refractivity contribution in [1.82, 2.24) is 9.88 Å². The highest BCUT2D eigenvalue weighted by molar-refractivity contribution is 5.85. The zero-order valence-corrected chi connectivity index (χ0v) is 20.6. The maximum Gasteiger partial charge on any atom is 0.0459 e. The minimum Gasteiger partial charge on any atom is -0.358 e. The van der Waals surface area contributed by atoms with E-state index in [2.05, 4.69) is 109 Å². The first-order chi connectivity index (χ1) is 16.6. The first-order valence-electron chi connectivity index (χ1n) is 13.0. The molecule has 3 unspecified atom stereocenters. The van der Waals surface area contributed by atoms with Crippen molar-refractivity contribution < 1.29 is 0 Å². The molecule has 0 amide bonds. The Morgan fingerprint density at radius 2 is 1.53 bits per heavy atom. The van der Waals surface area contributed by atoms with Crippen molar-refractivity contribution in [2.75, 3.05) is 14.1 Å². The minimum absolute atomic E-state index is 0.0790. The van der Waals surface area contributed by atoms with Crippen LogP contribution in [0, 0.1) is 5.92 Å². The van der Waals surface area contributed by atoms with Crippen molar-refractivity contribution in [1.29, 1.82) is 0 Å². The Morgan fingerprint density at radius 3 is 2.29 bits per heavy atom. The molecule has 1 heterocycles. The van der Waals surface area contributed by atoms with E-state index >= 15 is 0 Å². The number of nitrogens with zero attached hydrogens (tertiary/aromatic N) is 1. The van der Waals surface area contributed by atoms with Gasteiger partial charge in [0.1, 0.15) is 0 Å². The van der Waals surface area contributed by atoms with Crippen molar-refractivity contribution in [3.8, 4) is 0 Å². The summed E-state index contributed by atoms with van der Waals surface area (Å²) in [6, 6.07) is 31.5. The fourth-order valence-corrected chi connectivity index (χ4v) is 7.43. The molecule has 3 aromatic carbocycles. The minimum atomic E-state index is 0.0790. The fourth-order valence-electron chi connectivity index (χ4n) is 7.43. The van der Waals surface area contributed by atoms with Gasteiger partial charge in [0.25, 0.3) is 0 Å². The van der Waals surface area contributed by atoms with Crippen molar-refractivity contribution in [2.45, 2.75) is 55.9 Å². The Balaban J connectivity index is 1.50. The summed E-state index contributed by atoms with van der Waals surface area (Å²) in [5.74, 6) is 0.582. The molecule has 174 valence electrons. The van der Waals surface area contributed by atoms with Crippen molar-refractivity contribution in [2.24, 2.45) is 5.92 Å². The van der Waals surface area contributed by atoms with Crippen LogP contribution >= 0.6 is 0 Å². The van der Waals surface area contributed by atoms with Crippen molar-refractivity contribution >= 4 is 10.9 Å². The number of nitrogens with one attached hydrogen (secondary N) is 1. The largest absolute Gasteiger partial charge is 0.358 e. The number of aromatic nitrogens is 1. The van der Waals surface area contributed by atoms with Gasteiger partial charge in [-0.2, -0.15) is 0 Å². The lowest BCUT2D eigenvalue weighted by Crippen LogP contribution is -2.54. The predicted octanol–water partition coefficient (Wildman–Crippen LogP) is 7.24. The van der Waals surface area contributed by atoms with Crippen LogP contribution in [0.2, 0.25) is 0 Å². The third-order valence-electron chi connectivity index (χ3n) is 9.20. The molecule has 0 saturated heterocycles. The van der Waals surface area contributed by atoms with Crippen LogP contribution in [0.15, 0.2) is 84.9 Å². The summed E-state index contributed by atoms with van der Waals surface area (Å²) in [6.07, 6.45) is 8.55. The van der Waals surface area contributed by atoms with Crippen LogP contribution in [0.5, 0.6) is 0 Å². The van der Waals surface area contributed by atoms with Gasteiger partial charge >= 0.3 is 0 Å². The highest BCUT2D eigenvalue weighted by atomic mass is 15.1. The summed E-state index contributed by atoms with van der Waals surface area (Å²) in [5, 5.41) is 1.45. The Kier molecular flexibility index (Phi) is 5.37. The van der Waals surface area contributed by atoms with Crippen LogP contribution in [-0.4, -0.2) is 24.0 Å². The quantitative estimate of drug-likeness (QED) is 0.348. The number of benzene rings is 3. The molecular weight excluding hydrogens is 412 g/mol. The van der Waals surface area contributed by atoms with Gasteiger partial charge in [0.05, 0.1) is 0 Å². The van der Waals surface area contributed by atoms with Crippen LogP contribution in [0.3, 0.4) is 0 Å². The molecule has 1 aromatic heterocycles. The third-order valence-corrected chi connectivity index (χ3v) is 9.20. The number of fused-ring (bicyclic) bond motifs is 4. The SMILES string of the molecule is CN(C)C1(c2ccccc2)CCC2(CCCc3c2[nH]c2ccccc32)C(Cc2ccccc2)C1. The molecule has 1 fully saturated rings. The van der Waals surface area contributed by atoms with Gasteiger partial charge in [-0.1, -0.05) is 78.9 Å². The summed E-state index contributed by atoms with van der Waals surface area (Å²) < 4.78 is 0. The number of hydrogen-bond donors (Lipinski definition) is 1. The molecule has 3 atom stereocenters. The van der Waals surface area contributed by atoms with Gasteiger partial charge in [-0.05, 0) is 87.7 Å². The lowest BCUT2D eigenvalue weighted by atomic mass is 9.53. The Morgan fingerprint density at radius 1 is 0.824 bits per heavy atom. The Hall–Kier alpha value is -2.84.